The van der Waals surface area contributed by atoms with Gasteiger partial charge in [0.25, 0.3) is 0 Å². The highest BCUT2D eigenvalue weighted by atomic mass is 35.5. The summed E-state index contributed by atoms with van der Waals surface area (Å²) in [5, 5.41) is 0. The molecule has 1 unspecified atom stereocenters. The minimum absolute atomic E-state index is 0. The van der Waals surface area contributed by atoms with Crippen LogP contribution in [0.5, 0.6) is 5.75 Å². The number of rotatable bonds is 4. The highest BCUT2D eigenvalue weighted by molar-refractivity contribution is 5.85. The van der Waals surface area contributed by atoms with Crippen LogP contribution in [0.4, 0.5) is 0 Å². The molecule has 0 radical (unpaired) electrons. The smallest absolute Gasteiger partial charge is 0.122 e. The molecule has 3 heteroatoms. The standard InChI is InChI=1S/C15H25NO.ClH/c1-6-13(16)10-11-9-12(15(2,3)4)7-8-14(11)17-5;/h7-9,13H,6,10,16H2,1-5H3;1H. The number of hydrogen-bond donors (Lipinski definition) is 1. The largest absolute Gasteiger partial charge is 0.496 e. The Morgan fingerprint density at radius 2 is 1.89 bits per heavy atom. The average Bonchev–Trinajstić information content (AvgIpc) is 2.27. The van der Waals surface area contributed by atoms with Crippen LogP contribution in [0.15, 0.2) is 18.2 Å². The molecule has 0 fully saturated rings. The normalized spacial score (nSPS) is 12.8. The first-order valence-electron chi connectivity index (χ1n) is 6.31. The fraction of sp³-hybridized carbons (Fsp3) is 0.600. The van der Waals surface area contributed by atoms with Gasteiger partial charge in [-0.2, -0.15) is 0 Å². The van der Waals surface area contributed by atoms with Crippen LogP contribution in [0.25, 0.3) is 0 Å². The SMILES string of the molecule is CCC(N)Cc1cc(C(C)(C)C)ccc1OC.Cl. The van der Waals surface area contributed by atoms with Crippen molar-refractivity contribution in [2.75, 3.05) is 7.11 Å². The maximum atomic E-state index is 6.03. The van der Waals surface area contributed by atoms with Gasteiger partial charge in [0.05, 0.1) is 7.11 Å². The van der Waals surface area contributed by atoms with Crippen molar-refractivity contribution in [1.29, 1.82) is 0 Å². The van der Waals surface area contributed by atoms with Crippen molar-refractivity contribution < 1.29 is 4.74 Å². The Balaban J connectivity index is 0.00000289. The van der Waals surface area contributed by atoms with Crippen molar-refractivity contribution in [1.82, 2.24) is 0 Å². The maximum Gasteiger partial charge on any atom is 0.122 e. The van der Waals surface area contributed by atoms with E-state index in [9.17, 15) is 0 Å². The Morgan fingerprint density at radius 1 is 1.28 bits per heavy atom. The van der Waals surface area contributed by atoms with Crippen LogP contribution >= 0.6 is 12.4 Å². The lowest BCUT2D eigenvalue weighted by Gasteiger charge is -2.22. The monoisotopic (exact) mass is 271 g/mol. The predicted octanol–water partition coefficient (Wildman–Crippen LogP) is 3.69. The summed E-state index contributed by atoms with van der Waals surface area (Å²) in [6.45, 7) is 8.78. The first-order chi connectivity index (χ1) is 7.88. The number of ether oxygens (including phenoxy) is 1. The minimum atomic E-state index is 0. The molecule has 0 heterocycles. The maximum absolute atomic E-state index is 6.03. The fourth-order valence-corrected chi connectivity index (χ4v) is 1.83. The van der Waals surface area contributed by atoms with E-state index in [2.05, 4.69) is 45.9 Å². The molecule has 18 heavy (non-hydrogen) atoms. The molecule has 1 atom stereocenters. The summed E-state index contributed by atoms with van der Waals surface area (Å²) in [7, 11) is 1.72. The summed E-state index contributed by atoms with van der Waals surface area (Å²) < 4.78 is 5.40. The van der Waals surface area contributed by atoms with Crippen LogP contribution < -0.4 is 10.5 Å². The third kappa shape index (κ3) is 4.51. The van der Waals surface area contributed by atoms with Crippen molar-refractivity contribution in [3.63, 3.8) is 0 Å². The Bertz CT molecular complexity index is 371. The number of hydrogen-bond acceptors (Lipinski definition) is 2. The van der Waals surface area contributed by atoms with Crippen LogP contribution in [0.3, 0.4) is 0 Å². The average molecular weight is 272 g/mol. The number of halogens is 1. The van der Waals surface area contributed by atoms with Crippen LogP contribution in [0.1, 0.15) is 45.2 Å². The Hall–Kier alpha value is -0.730. The lowest BCUT2D eigenvalue weighted by atomic mass is 9.85. The van der Waals surface area contributed by atoms with E-state index in [0.29, 0.717) is 0 Å². The van der Waals surface area contributed by atoms with Gasteiger partial charge in [0, 0.05) is 6.04 Å². The van der Waals surface area contributed by atoms with Crippen LogP contribution in [-0.2, 0) is 11.8 Å². The molecule has 0 aromatic heterocycles. The van der Waals surface area contributed by atoms with Gasteiger partial charge in [0.2, 0.25) is 0 Å². The van der Waals surface area contributed by atoms with Gasteiger partial charge in [0.1, 0.15) is 5.75 Å². The van der Waals surface area contributed by atoms with Gasteiger partial charge in [-0.05, 0) is 35.4 Å². The summed E-state index contributed by atoms with van der Waals surface area (Å²) in [4.78, 5) is 0. The predicted molar refractivity (Wildman–Crippen MR) is 80.9 cm³/mol. The van der Waals surface area contributed by atoms with Crippen molar-refractivity contribution in [3.8, 4) is 5.75 Å². The molecule has 0 aliphatic carbocycles. The lowest BCUT2D eigenvalue weighted by molar-refractivity contribution is 0.406. The second-order valence-electron chi connectivity index (χ2n) is 5.65. The van der Waals surface area contributed by atoms with Crippen LogP contribution in [0, 0.1) is 0 Å². The Morgan fingerprint density at radius 3 is 2.33 bits per heavy atom. The molecule has 0 aliphatic heterocycles. The third-order valence-electron chi connectivity index (χ3n) is 3.15. The molecule has 0 amide bonds. The third-order valence-corrected chi connectivity index (χ3v) is 3.15. The second kappa shape index (κ2) is 7.01. The second-order valence-corrected chi connectivity index (χ2v) is 5.65. The number of benzene rings is 1. The molecule has 104 valence electrons. The van der Waals surface area contributed by atoms with E-state index in [1.165, 1.54) is 11.1 Å². The van der Waals surface area contributed by atoms with Crippen LogP contribution in [-0.4, -0.2) is 13.2 Å². The highest BCUT2D eigenvalue weighted by Crippen LogP contribution is 2.28. The molecular formula is C15H26ClNO. The lowest BCUT2D eigenvalue weighted by Crippen LogP contribution is -2.22. The fourth-order valence-electron chi connectivity index (χ4n) is 1.83. The molecular weight excluding hydrogens is 246 g/mol. The van der Waals surface area contributed by atoms with E-state index in [4.69, 9.17) is 10.5 Å². The van der Waals surface area contributed by atoms with E-state index in [0.717, 1.165) is 18.6 Å². The Kier molecular flexibility index (Phi) is 6.72. The zero-order chi connectivity index (χ0) is 13.1. The molecule has 0 spiro atoms. The summed E-state index contributed by atoms with van der Waals surface area (Å²) in [5.74, 6) is 0.946. The van der Waals surface area contributed by atoms with Gasteiger partial charge in [0.15, 0.2) is 0 Å². The first-order valence-corrected chi connectivity index (χ1v) is 6.31. The topological polar surface area (TPSA) is 35.2 Å². The van der Waals surface area contributed by atoms with E-state index in [-0.39, 0.29) is 23.9 Å². The van der Waals surface area contributed by atoms with E-state index < -0.39 is 0 Å². The molecule has 0 saturated carbocycles. The highest BCUT2D eigenvalue weighted by Gasteiger charge is 2.16. The van der Waals surface area contributed by atoms with Gasteiger partial charge >= 0.3 is 0 Å². The summed E-state index contributed by atoms with van der Waals surface area (Å²) in [6, 6.07) is 6.63. The van der Waals surface area contributed by atoms with E-state index in [1.54, 1.807) is 7.11 Å². The van der Waals surface area contributed by atoms with E-state index >= 15 is 0 Å². The molecule has 0 bridgehead atoms. The molecule has 1 rings (SSSR count). The van der Waals surface area contributed by atoms with E-state index in [1.807, 2.05) is 0 Å². The van der Waals surface area contributed by atoms with Gasteiger partial charge in [-0.3, -0.25) is 0 Å². The van der Waals surface area contributed by atoms with Crippen molar-refractivity contribution in [3.05, 3.63) is 29.3 Å². The number of nitrogens with two attached hydrogens (primary N) is 1. The summed E-state index contributed by atoms with van der Waals surface area (Å²) in [5.41, 5.74) is 8.74. The Labute approximate surface area is 117 Å². The summed E-state index contributed by atoms with van der Waals surface area (Å²) in [6.07, 6.45) is 1.87. The molecule has 2 nitrogen and oxygen atoms in total. The zero-order valence-electron chi connectivity index (χ0n) is 12.1. The molecule has 1 aromatic carbocycles. The number of methoxy groups -OCH3 is 1. The van der Waals surface area contributed by atoms with Crippen molar-refractivity contribution >= 4 is 12.4 Å². The van der Waals surface area contributed by atoms with Gasteiger partial charge < -0.3 is 10.5 Å². The van der Waals surface area contributed by atoms with Gasteiger partial charge in [-0.1, -0.05) is 39.8 Å². The van der Waals surface area contributed by atoms with Crippen LogP contribution in [0.2, 0.25) is 0 Å². The quantitative estimate of drug-likeness (QED) is 0.906. The van der Waals surface area contributed by atoms with Gasteiger partial charge in [-0.15, -0.1) is 12.4 Å². The molecule has 1 aromatic rings. The molecule has 0 saturated heterocycles. The summed E-state index contributed by atoms with van der Waals surface area (Å²) >= 11 is 0. The van der Waals surface area contributed by atoms with Gasteiger partial charge in [-0.25, -0.2) is 0 Å². The zero-order valence-corrected chi connectivity index (χ0v) is 12.9. The van der Waals surface area contributed by atoms with Crippen molar-refractivity contribution in [2.24, 2.45) is 5.73 Å². The minimum Gasteiger partial charge on any atom is -0.496 e. The molecule has 2 N–H and O–H groups in total. The molecule has 0 aliphatic rings. The van der Waals surface area contributed by atoms with Crippen molar-refractivity contribution in [2.45, 2.75) is 52.0 Å². The first kappa shape index (κ1) is 17.3.